The number of rotatable bonds is 5. The van der Waals surface area contributed by atoms with Gasteiger partial charge in [0.25, 0.3) is 0 Å². The fraction of sp³-hybridized carbons (Fsp3) is 0.611. The van der Waals surface area contributed by atoms with Crippen LogP contribution in [0.2, 0.25) is 0 Å². The van der Waals surface area contributed by atoms with Crippen LogP contribution in [0, 0.1) is 5.92 Å². The molecule has 0 radical (unpaired) electrons. The van der Waals surface area contributed by atoms with E-state index in [0.29, 0.717) is 12.1 Å². The van der Waals surface area contributed by atoms with E-state index in [0.717, 1.165) is 55.1 Å². The van der Waals surface area contributed by atoms with Crippen molar-refractivity contribution in [2.75, 3.05) is 5.32 Å². The van der Waals surface area contributed by atoms with Gasteiger partial charge >= 0.3 is 0 Å². The summed E-state index contributed by atoms with van der Waals surface area (Å²) in [7, 11) is 2.02. The number of nitrogens with one attached hydrogen (secondary N) is 1. The van der Waals surface area contributed by atoms with Crippen LogP contribution in [0.3, 0.4) is 0 Å². The third-order valence-corrected chi connectivity index (χ3v) is 5.31. The molecule has 24 heavy (non-hydrogen) atoms. The monoisotopic (exact) mass is 326 g/mol. The summed E-state index contributed by atoms with van der Waals surface area (Å²) in [4.78, 5) is 8.90. The first kappa shape index (κ1) is 15.6. The summed E-state index contributed by atoms with van der Waals surface area (Å²) in [5.41, 5.74) is 9.38. The standard InChI is InChI=1S/C18H26N6/c1-24-17(8-12-2-3-12)15(10-22-24)16-9-18(21-11-20-16)23-14-6-4-13(19)5-7-14/h9-14H,2-8,19H2,1H3,(H,20,21,23). The summed E-state index contributed by atoms with van der Waals surface area (Å²) < 4.78 is 1.99. The molecule has 2 aliphatic carbocycles. The van der Waals surface area contributed by atoms with Crippen molar-refractivity contribution in [2.24, 2.45) is 18.7 Å². The molecule has 6 nitrogen and oxygen atoms in total. The lowest BCUT2D eigenvalue weighted by atomic mass is 9.92. The van der Waals surface area contributed by atoms with Crippen LogP contribution >= 0.6 is 0 Å². The average Bonchev–Trinajstić information content (AvgIpc) is 3.33. The smallest absolute Gasteiger partial charge is 0.130 e. The summed E-state index contributed by atoms with van der Waals surface area (Å²) in [6.45, 7) is 0. The van der Waals surface area contributed by atoms with Gasteiger partial charge in [0.15, 0.2) is 0 Å². The Balaban J connectivity index is 1.52. The molecule has 0 bridgehead atoms. The van der Waals surface area contributed by atoms with Gasteiger partial charge in [0, 0.05) is 36.5 Å². The van der Waals surface area contributed by atoms with Crippen molar-refractivity contribution in [3.63, 3.8) is 0 Å². The SMILES string of the molecule is Cn1ncc(-c2cc(NC3CCC(N)CC3)ncn2)c1CC1CC1. The molecule has 2 aliphatic rings. The number of anilines is 1. The highest BCUT2D eigenvalue weighted by molar-refractivity contribution is 5.64. The van der Waals surface area contributed by atoms with Crippen LogP contribution in [0.1, 0.15) is 44.2 Å². The molecule has 3 N–H and O–H groups in total. The molecule has 0 spiro atoms. The van der Waals surface area contributed by atoms with E-state index in [4.69, 9.17) is 5.73 Å². The van der Waals surface area contributed by atoms with Crippen LogP contribution in [-0.2, 0) is 13.5 Å². The molecule has 2 aromatic rings. The highest BCUT2D eigenvalue weighted by atomic mass is 15.3. The average molecular weight is 326 g/mol. The Hall–Kier alpha value is -1.95. The molecule has 2 fully saturated rings. The van der Waals surface area contributed by atoms with Crippen LogP contribution in [0.15, 0.2) is 18.6 Å². The van der Waals surface area contributed by atoms with Gasteiger partial charge in [0.05, 0.1) is 11.9 Å². The topological polar surface area (TPSA) is 81.7 Å². The van der Waals surface area contributed by atoms with E-state index >= 15 is 0 Å². The van der Waals surface area contributed by atoms with E-state index in [1.807, 2.05) is 17.9 Å². The van der Waals surface area contributed by atoms with E-state index in [2.05, 4.69) is 26.4 Å². The first-order valence-electron chi connectivity index (χ1n) is 9.04. The lowest BCUT2D eigenvalue weighted by Gasteiger charge is -2.27. The van der Waals surface area contributed by atoms with Crippen LogP contribution in [0.4, 0.5) is 5.82 Å². The fourth-order valence-electron chi connectivity index (χ4n) is 3.57. The number of nitrogens with zero attached hydrogens (tertiary/aromatic N) is 4. The van der Waals surface area contributed by atoms with Crippen molar-refractivity contribution in [1.82, 2.24) is 19.7 Å². The number of hydrogen-bond acceptors (Lipinski definition) is 5. The quantitative estimate of drug-likeness (QED) is 0.882. The van der Waals surface area contributed by atoms with E-state index < -0.39 is 0 Å². The minimum absolute atomic E-state index is 0.365. The Kier molecular flexibility index (Phi) is 4.22. The maximum atomic E-state index is 5.99. The molecule has 2 aromatic heterocycles. The lowest BCUT2D eigenvalue weighted by Crippen LogP contribution is -2.33. The van der Waals surface area contributed by atoms with Gasteiger partial charge in [0.2, 0.25) is 0 Å². The molecule has 0 atom stereocenters. The van der Waals surface area contributed by atoms with E-state index in [1.54, 1.807) is 6.33 Å². The zero-order chi connectivity index (χ0) is 16.5. The minimum atomic E-state index is 0.365. The van der Waals surface area contributed by atoms with Crippen molar-refractivity contribution in [1.29, 1.82) is 0 Å². The normalized spacial score (nSPS) is 24.1. The molecular weight excluding hydrogens is 300 g/mol. The largest absolute Gasteiger partial charge is 0.367 e. The van der Waals surface area contributed by atoms with Gasteiger partial charge in [-0.2, -0.15) is 5.10 Å². The second kappa shape index (κ2) is 6.51. The zero-order valence-corrected chi connectivity index (χ0v) is 14.3. The molecule has 128 valence electrons. The third kappa shape index (κ3) is 3.43. The first-order valence-corrected chi connectivity index (χ1v) is 9.04. The first-order chi connectivity index (χ1) is 11.7. The molecule has 0 aromatic carbocycles. The van der Waals surface area contributed by atoms with Crippen LogP contribution in [-0.4, -0.2) is 31.8 Å². The van der Waals surface area contributed by atoms with Gasteiger partial charge in [-0.05, 0) is 50.9 Å². The summed E-state index contributed by atoms with van der Waals surface area (Å²) in [6, 6.07) is 2.89. The van der Waals surface area contributed by atoms with Gasteiger partial charge in [-0.3, -0.25) is 4.68 Å². The van der Waals surface area contributed by atoms with Crippen molar-refractivity contribution in [3.8, 4) is 11.3 Å². The lowest BCUT2D eigenvalue weighted by molar-refractivity contribution is 0.410. The molecule has 6 heteroatoms. The van der Waals surface area contributed by atoms with E-state index in [-0.39, 0.29) is 0 Å². The fourth-order valence-corrected chi connectivity index (χ4v) is 3.57. The minimum Gasteiger partial charge on any atom is -0.367 e. The van der Waals surface area contributed by atoms with Gasteiger partial charge in [0.1, 0.15) is 12.1 Å². The second-order valence-electron chi connectivity index (χ2n) is 7.32. The molecule has 2 heterocycles. The Morgan fingerprint density at radius 2 is 1.96 bits per heavy atom. The van der Waals surface area contributed by atoms with Crippen molar-refractivity contribution >= 4 is 5.82 Å². The Bertz CT molecular complexity index is 697. The van der Waals surface area contributed by atoms with Crippen molar-refractivity contribution < 1.29 is 0 Å². The van der Waals surface area contributed by atoms with Gasteiger partial charge in [-0.25, -0.2) is 9.97 Å². The summed E-state index contributed by atoms with van der Waals surface area (Å²) in [5, 5.41) is 8.01. The molecule has 0 amide bonds. The Morgan fingerprint density at radius 1 is 1.17 bits per heavy atom. The van der Waals surface area contributed by atoms with Crippen molar-refractivity contribution in [2.45, 2.75) is 57.0 Å². The summed E-state index contributed by atoms with van der Waals surface area (Å²) in [6.07, 6.45) is 11.8. The van der Waals surface area contributed by atoms with Crippen molar-refractivity contribution in [3.05, 3.63) is 24.3 Å². The molecular formula is C18H26N6. The third-order valence-electron chi connectivity index (χ3n) is 5.31. The molecule has 2 saturated carbocycles. The van der Waals surface area contributed by atoms with Crippen LogP contribution < -0.4 is 11.1 Å². The van der Waals surface area contributed by atoms with E-state index in [1.165, 1.54) is 18.5 Å². The number of aryl methyl sites for hydroxylation is 1. The Morgan fingerprint density at radius 3 is 2.71 bits per heavy atom. The predicted molar refractivity (Wildman–Crippen MR) is 94.5 cm³/mol. The highest BCUT2D eigenvalue weighted by Gasteiger charge is 2.25. The maximum absolute atomic E-state index is 5.99. The molecule has 0 unspecified atom stereocenters. The summed E-state index contributed by atoms with van der Waals surface area (Å²) >= 11 is 0. The van der Waals surface area contributed by atoms with Crippen LogP contribution in [0.5, 0.6) is 0 Å². The van der Waals surface area contributed by atoms with Gasteiger partial charge in [-0.15, -0.1) is 0 Å². The Labute approximate surface area is 142 Å². The van der Waals surface area contributed by atoms with Crippen LogP contribution in [0.25, 0.3) is 11.3 Å². The van der Waals surface area contributed by atoms with Gasteiger partial charge in [-0.1, -0.05) is 0 Å². The zero-order valence-electron chi connectivity index (χ0n) is 14.3. The highest BCUT2D eigenvalue weighted by Crippen LogP contribution is 2.35. The molecule has 0 saturated heterocycles. The summed E-state index contributed by atoms with van der Waals surface area (Å²) in [5.74, 6) is 1.73. The van der Waals surface area contributed by atoms with E-state index in [9.17, 15) is 0 Å². The second-order valence-corrected chi connectivity index (χ2v) is 7.32. The van der Waals surface area contributed by atoms with Gasteiger partial charge < -0.3 is 11.1 Å². The molecule has 4 rings (SSSR count). The number of nitrogens with two attached hydrogens (primary N) is 1. The predicted octanol–water partition coefficient (Wildman–Crippen LogP) is 2.51. The molecule has 0 aliphatic heterocycles. The number of hydrogen-bond donors (Lipinski definition) is 2. The maximum Gasteiger partial charge on any atom is 0.130 e. The number of aromatic nitrogens is 4.